The summed E-state index contributed by atoms with van der Waals surface area (Å²) in [5.41, 5.74) is 5.80. The predicted octanol–water partition coefficient (Wildman–Crippen LogP) is 5.67. The van der Waals surface area contributed by atoms with E-state index in [0.29, 0.717) is 48.1 Å². The molecule has 4 atom stereocenters. The number of benzene rings is 2. The van der Waals surface area contributed by atoms with Gasteiger partial charge in [-0.25, -0.2) is 39.5 Å². The summed E-state index contributed by atoms with van der Waals surface area (Å²) in [6, 6.07) is 10.3. The summed E-state index contributed by atoms with van der Waals surface area (Å²) in [5, 5.41) is 7.41. The number of aromatic nitrogens is 6. The smallest absolute Gasteiger partial charge is 0.407 e. The van der Waals surface area contributed by atoms with Crippen LogP contribution in [0.4, 0.5) is 15.4 Å². The first kappa shape index (κ1) is 40.3. The Kier molecular flexibility index (Phi) is 11.2. The molecule has 3 aromatic heterocycles. The second kappa shape index (κ2) is 16.6. The van der Waals surface area contributed by atoms with Crippen molar-refractivity contribution in [1.82, 2.24) is 50.3 Å². The van der Waals surface area contributed by atoms with Crippen LogP contribution in [0.25, 0.3) is 44.6 Å². The second-order valence-electron chi connectivity index (χ2n) is 16.2. The Labute approximate surface area is 346 Å². The van der Waals surface area contributed by atoms with Gasteiger partial charge >= 0.3 is 12.2 Å². The Morgan fingerprint density at radius 2 is 1.28 bits per heavy atom. The Balaban J connectivity index is 0.965. The van der Waals surface area contributed by atoms with Gasteiger partial charge in [-0.2, -0.15) is 0 Å². The third-order valence-corrected chi connectivity index (χ3v) is 11.6. The molecule has 3 N–H and O–H groups in total. The van der Waals surface area contributed by atoms with E-state index in [-0.39, 0.29) is 35.7 Å². The van der Waals surface area contributed by atoms with E-state index >= 15 is 0 Å². The molecule has 312 valence electrons. The van der Waals surface area contributed by atoms with Crippen molar-refractivity contribution < 1.29 is 28.7 Å². The third kappa shape index (κ3) is 7.82. The number of aliphatic imine (C=N–C) groups is 1. The van der Waals surface area contributed by atoms with Gasteiger partial charge in [-0.05, 0) is 60.4 Å². The lowest BCUT2D eigenvalue weighted by Gasteiger charge is -2.30. The number of alkyl carbamates (subject to hydrolysis) is 2. The Morgan fingerprint density at radius 1 is 0.733 bits per heavy atom. The molecule has 4 amide bonds. The number of aromatic amines is 1. The summed E-state index contributed by atoms with van der Waals surface area (Å²) in [7, 11) is 2.57. The number of fused-ring (bicyclic) bond motifs is 3. The first-order valence-corrected chi connectivity index (χ1v) is 20.4. The number of H-pyrrole nitrogens is 1. The SMILES string of the molecule is COC(=O)N[C@H](C(=O)N1CCC[C@H]1C1=Nc2ncc(-c3ccc4cc(-c5cnc6nc([C@@H]7CCCN7C(=O)[C@@H](NC(=O)OC)C(C)C)[nH]c6n5)ccc4c3)nc2C1)C(C)C. The monoisotopic (exact) mass is 815 g/mol. The zero-order chi connectivity index (χ0) is 42.2. The van der Waals surface area contributed by atoms with Gasteiger partial charge in [0.05, 0.1) is 55.8 Å². The van der Waals surface area contributed by atoms with Crippen molar-refractivity contribution in [2.45, 2.75) is 84.0 Å². The number of rotatable bonds is 10. The largest absolute Gasteiger partial charge is 0.453 e. The third-order valence-electron chi connectivity index (χ3n) is 11.6. The van der Waals surface area contributed by atoms with Crippen molar-refractivity contribution >= 4 is 57.6 Å². The van der Waals surface area contributed by atoms with E-state index in [1.165, 1.54) is 14.2 Å². The van der Waals surface area contributed by atoms with Gasteiger partial charge in [0.25, 0.3) is 0 Å². The maximum atomic E-state index is 13.7. The van der Waals surface area contributed by atoms with Crippen LogP contribution in [0.5, 0.6) is 0 Å². The number of nitrogens with zero attached hydrogens (tertiary/aromatic N) is 8. The van der Waals surface area contributed by atoms with Gasteiger partial charge in [0.15, 0.2) is 17.1 Å². The molecule has 0 unspecified atom stereocenters. The topological polar surface area (TPSA) is 210 Å². The maximum absolute atomic E-state index is 13.7. The highest BCUT2D eigenvalue weighted by Crippen LogP contribution is 2.35. The van der Waals surface area contributed by atoms with Gasteiger partial charge in [0, 0.05) is 36.3 Å². The molecule has 17 heteroatoms. The van der Waals surface area contributed by atoms with Crippen LogP contribution < -0.4 is 10.6 Å². The number of hydrogen-bond acceptors (Lipinski definition) is 12. The van der Waals surface area contributed by atoms with Crippen molar-refractivity contribution in [3.63, 3.8) is 0 Å². The average Bonchev–Trinajstić information content (AvgIpc) is 4.08. The molecule has 8 rings (SSSR count). The zero-order valence-electron chi connectivity index (χ0n) is 34.6. The van der Waals surface area contributed by atoms with Crippen molar-refractivity contribution in [3.05, 3.63) is 60.3 Å². The number of imidazole rings is 1. The molecule has 17 nitrogen and oxygen atoms in total. The number of amides is 4. The molecule has 3 aliphatic heterocycles. The van der Waals surface area contributed by atoms with Crippen LogP contribution in [-0.4, -0.2) is 115 Å². The fourth-order valence-electron chi connectivity index (χ4n) is 8.43. The van der Waals surface area contributed by atoms with Crippen LogP contribution in [-0.2, 0) is 25.5 Å². The first-order chi connectivity index (χ1) is 28.9. The number of hydrogen-bond donors (Lipinski definition) is 3. The van der Waals surface area contributed by atoms with Crippen LogP contribution >= 0.6 is 0 Å². The normalized spacial score (nSPS) is 18.5. The maximum Gasteiger partial charge on any atom is 0.407 e. The van der Waals surface area contributed by atoms with E-state index in [2.05, 4.69) is 37.7 Å². The van der Waals surface area contributed by atoms with E-state index in [4.69, 9.17) is 29.4 Å². The highest BCUT2D eigenvalue weighted by molar-refractivity contribution is 6.00. The highest BCUT2D eigenvalue weighted by Gasteiger charge is 2.40. The minimum Gasteiger partial charge on any atom is -0.453 e. The molecule has 3 aliphatic rings. The molecule has 2 fully saturated rings. The molecule has 0 saturated carbocycles. The molecule has 2 saturated heterocycles. The molecule has 0 bridgehead atoms. The van der Waals surface area contributed by atoms with Crippen molar-refractivity contribution in [3.8, 4) is 22.5 Å². The quantitative estimate of drug-likeness (QED) is 0.156. The Morgan fingerprint density at radius 3 is 1.87 bits per heavy atom. The summed E-state index contributed by atoms with van der Waals surface area (Å²) in [5.74, 6) is 0.595. The van der Waals surface area contributed by atoms with E-state index in [1.807, 2.05) is 56.9 Å². The molecule has 0 radical (unpaired) electrons. The molecule has 5 aromatic rings. The standard InChI is InChI=1S/C43H49N11O6/c1-22(2)34(49-42(57)59-5)40(55)53-15-7-9-32(53)28-19-29-36(47-28)44-20-30(46-29)26-13-11-25-18-27(14-12-24(25)17-26)31-21-45-38-39(48-31)52-37(51-38)33-10-8-16-54(33)41(56)35(23(3)4)50-43(58)60-6/h11-14,17-18,20-23,32-35H,7-10,15-16,19H2,1-6H3,(H,49,57)(H,50,58)(H,45,48,51,52)/t32-,33-,34-,35-/m0/s1. The predicted molar refractivity (Wildman–Crippen MR) is 223 cm³/mol. The van der Waals surface area contributed by atoms with Crippen LogP contribution in [0.2, 0.25) is 0 Å². The lowest BCUT2D eigenvalue weighted by Crippen LogP contribution is -2.53. The minimum absolute atomic E-state index is 0.118. The number of carbonyl (C=O) groups is 4. The number of likely N-dealkylation sites (tertiary alicyclic amines) is 2. The van der Waals surface area contributed by atoms with Crippen LogP contribution in [0, 0.1) is 11.8 Å². The molecule has 0 aliphatic carbocycles. The number of nitrogens with one attached hydrogen (secondary N) is 3. The fourth-order valence-corrected chi connectivity index (χ4v) is 8.43. The van der Waals surface area contributed by atoms with Crippen LogP contribution in [0.1, 0.15) is 70.9 Å². The highest BCUT2D eigenvalue weighted by atomic mass is 16.5. The van der Waals surface area contributed by atoms with Crippen molar-refractivity contribution in [1.29, 1.82) is 0 Å². The van der Waals surface area contributed by atoms with E-state index in [9.17, 15) is 19.2 Å². The van der Waals surface area contributed by atoms with E-state index < -0.39 is 24.3 Å². The molecule has 6 heterocycles. The molecular formula is C43H49N11O6. The average molecular weight is 816 g/mol. The van der Waals surface area contributed by atoms with Gasteiger partial charge in [-0.3, -0.25) is 9.59 Å². The second-order valence-corrected chi connectivity index (χ2v) is 16.2. The minimum atomic E-state index is -0.727. The van der Waals surface area contributed by atoms with Crippen molar-refractivity contribution in [2.24, 2.45) is 16.8 Å². The zero-order valence-corrected chi connectivity index (χ0v) is 34.6. The number of carbonyl (C=O) groups excluding carboxylic acids is 4. The molecule has 60 heavy (non-hydrogen) atoms. The number of ether oxygens (including phenoxy) is 2. The molecule has 0 spiro atoms. The summed E-state index contributed by atoms with van der Waals surface area (Å²) >= 11 is 0. The van der Waals surface area contributed by atoms with Gasteiger partial charge < -0.3 is 34.9 Å². The van der Waals surface area contributed by atoms with E-state index in [1.54, 1.807) is 17.3 Å². The molecule has 2 aromatic carbocycles. The van der Waals surface area contributed by atoms with Gasteiger partial charge in [0.1, 0.15) is 17.9 Å². The summed E-state index contributed by atoms with van der Waals surface area (Å²) < 4.78 is 9.54. The van der Waals surface area contributed by atoms with Crippen molar-refractivity contribution in [2.75, 3.05) is 27.3 Å². The van der Waals surface area contributed by atoms with Crippen LogP contribution in [0.3, 0.4) is 0 Å². The molecular weight excluding hydrogens is 767 g/mol. The van der Waals surface area contributed by atoms with Crippen LogP contribution in [0.15, 0.2) is 53.8 Å². The number of methoxy groups -OCH3 is 2. The van der Waals surface area contributed by atoms with E-state index in [0.717, 1.165) is 64.7 Å². The Bertz CT molecular complexity index is 2520. The van der Waals surface area contributed by atoms with Gasteiger partial charge in [-0.1, -0.05) is 52.0 Å². The summed E-state index contributed by atoms with van der Waals surface area (Å²) in [4.78, 5) is 86.9. The lowest BCUT2D eigenvalue weighted by molar-refractivity contribution is -0.135. The lowest BCUT2D eigenvalue weighted by atomic mass is 10.0. The fraction of sp³-hybridized carbons (Fsp3) is 0.442. The van der Waals surface area contributed by atoms with Gasteiger partial charge in [-0.15, -0.1) is 0 Å². The summed E-state index contributed by atoms with van der Waals surface area (Å²) in [6.45, 7) is 8.70. The first-order valence-electron chi connectivity index (χ1n) is 20.4. The Hall–Kier alpha value is -6.52. The summed E-state index contributed by atoms with van der Waals surface area (Å²) in [6.07, 6.45) is 5.80. The van der Waals surface area contributed by atoms with Gasteiger partial charge in [0.2, 0.25) is 11.8 Å².